The van der Waals surface area contributed by atoms with Crippen molar-refractivity contribution in [3.05, 3.63) is 34.9 Å². The number of esters is 1. The number of aldehydes is 1. The molecule has 1 rings (SSSR count). The van der Waals surface area contributed by atoms with E-state index in [1.54, 1.807) is 13.0 Å². The molecule has 0 spiro atoms. The molecule has 0 fully saturated rings. The van der Waals surface area contributed by atoms with Crippen molar-refractivity contribution in [1.29, 1.82) is 0 Å². The van der Waals surface area contributed by atoms with E-state index < -0.39 is 0 Å². The van der Waals surface area contributed by atoms with E-state index in [2.05, 4.69) is 0 Å². The van der Waals surface area contributed by atoms with Crippen LogP contribution in [0.15, 0.2) is 18.2 Å². The summed E-state index contributed by atoms with van der Waals surface area (Å²) in [7, 11) is 0. The molecular formula is C13H16O3. The molecule has 0 unspecified atom stereocenters. The predicted molar refractivity (Wildman–Crippen MR) is 61.5 cm³/mol. The Morgan fingerprint density at radius 3 is 2.75 bits per heavy atom. The lowest BCUT2D eigenvalue weighted by molar-refractivity contribution is -0.107. The Morgan fingerprint density at radius 1 is 1.44 bits per heavy atom. The maximum Gasteiger partial charge on any atom is 0.338 e. The smallest absolute Gasteiger partial charge is 0.338 e. The molecule has 0 atom stereocenters. The van der Waals surface area contributed by atoms with E-state index in [4.69, 9.17) is 4.74 Å². The third-order valence-corrected chi connectivity index (χ3v) is 2.34. The van der Waals surface area contributed by atoms with Crippen LogP contribution in [0.3, 0.4) is 0 Å². The molecule has 0 saturated heterocycles. The van der Waals surface area contributed by atoms with Crippen molar-refractivity contribution in [2.45, 2.75) is 26.7 Å². The van der Waals surface area contributed by atoms with E-state index in [1.165, 1.54) is 0 Å². The van der Waals surface area contributed by atoms with Crippen LogP contribution in [0, 0.1) is 6.92 Å². The standard InChI is InChI=1S/C13H16O3/c1-3-16-13(15)12-7-6-11(5-4-8-14)9-10(12)2/h6-9H,3-5H2,1-2H3. The van der Waals surface area contributed by atoms with Crippen molar-refractivity contribution >= 4 is 12.3 Å². The topological polar surface area (TPSA) is 43.4 Å². The summed E-state index contributed by atoms with van der Waals surface area (Å²) in [6.07, 6.45) is 2.13. The van der Waals surface area contributed by atoms with Gasteiger partial charge < -0.3 is 9.53 Å². The summed E-state index contributed by atoms with van der Waals surface area (Å²) in [5.41, 5.74) is 2.55. The van der Waals surface area contributed by atoms with E-state index in [0.29, 0.717) is 25.0 Å². The molecule has 0 N–H and O–H groups in total. The molecule has 0 bridgehead atoms. The zero-order valence-electron chi connectivity index (χ0n) is 9.66. The summed E-state index contributed by atoms with van der Waals surface area (Å²) in [6, 6.07) is 5.55. The Hall–Kier alpha value is -1.64. The fraction of sp³-hybridized carbons (Fsp3) is 0.385. The minimum absolute atomic E-state index is 0.290. The van der Waals surface area contributed by atoms with Crippen molar-refractivity contribution in [2.24, 2.45) is 0 Å². The molecule has 1 aromatic carbocycles. The van der Waals surface area contributed by atoms with E-state index in [1.807, 2.05) is 19.1 Å². The van der Waals surface area contributed by atoms with E-state index in [9.17, 15) is 9.59 Å². The molecule has 0 aliphatic carbocycles. The molecule has 0 saturated carbocycles. The monoisotopic (exact) mass is 220 g/mol. The van der Waals surface area contributed by atoms with E-state index >= 15 is 0 Å². The summed E-state index contributed by atoms with van der Waals surface area (Å²) in [5.74, 6) is -0.290. The maximum absolute atomic E-state index is 11.5. The number of hydrogen-bond acceptors (Lipinski definition) is 3. The molecule has 0 aliphatic rings. The van der Waals surface area contributed by atoms with Gasteiger partial charge in [-0.05, 0) is 37.5 Å². The van der Waals surface area contributed by atoms with Crippen LogP contribution in [0.1, 0.15) is 34.8 Å². The molecule has 0 aromatic heterocycles. The Morgan fingerprint density at radius 2 is 2.19 bits per heavy atom. The van der Waals surface area contributed by atoms with Crippen molar-refractivity contribution in [3.63, 3.8) is 0 Å². The maximum atomic E-state index is 11.5. The van der Waals surface area contributed by atoms with Gasteiger partial charge in [0.1, 0.15) is 6.29 Å². The van der Waals surface area contributed by atoms with Crippen LogP contribution < -0.4 is 0 Å². The van der Waals surface area contributed by atoms with Gasteiger partial charge in [0, 0.05) is 6.42 Å². The van der Waals surface area contributed by atoms with Crippen molar-refractivity contribution in [3.8, 4) is 0 Å². The number of carbonyl (C=O) groups is 2. The zero-order valence-corrected chi connectivity index (χ0v) is 9.66. The number of hydrogen-bond donors (Lipinski definition) is 0. The molecule has 0 heterocycles. The quantitative estimate of drug-likeness (QED) is 0.565. The molecule has 86 valence electrons. The minimum atomic E-state index is -0.290. The highest BCUT2D eigenvalue weighted by molar-refractivity contribution is 5.91. The van der Waals surface area contributed by atoms with Crippen LogP contribution in [-0.2, 0) is 16.0 Å². The molecule has 16 heavy (non-hydrogen) atoms. The van der Waals surface area contributed by atoms with Gasteiger partial charge in [-0.15, -0.1) is 0 Å². The van der Waals surface area contributed by atoms with Crippen molar-refractivity contribution in [1.82, 2.24) is 0 Å². The summed E-state index contributed by atoms with van der Waals surface area (Å²) in [4.78, 5) is 21.8. The van der Waals surface area contributed by atoms with Gasteiger partial charge in [-0.1, -0.05) is 12.1 Å². The minimum Gasteiger partial charge on any atom is -0.462 e. The summed E-state index contributed by atoms with van der Waals surface area (Å²) >= 11 is 0. The first-order chi connectivity index (χ1) is 7.69. The van der Waals surface area contributed by atoms with Crippen LogP contribution in [0.2, 0.25) is 0 Å². The SMILES string of the molecule is CCOC(=O)c1ccc(CCC=O)cc1C. The Labute approximate surface area is 95.4 Å². The van der Waals surface area contributed by atoms with Gasteiger partial charge in [0.15, 0.2) is 0 Å². The van der Waals surface area contributed by atoms with Crippen LogP contribution >= 0.6 is 0 Å². The molecule has 1 aromatic rings. The molecule has 0 radical (unpaired) electrons. The summed E-state index contributed by atoms with van der Waals surface area (Å²) in [6.45, 7) is 4.04. The van der Waals surface area contributed by atoms with E-state index in [0.717, 1.165) is 17.4 Å². The molecule has 3 nitrogen and oxygen atoms in total. The fourth-order valence-corrected chi connectivity index (χ4v) is 1.54. The van der Waals surface area contributed by atoms with Crippen molar-refractivity contribution < 1.29 is 14.3 Å². The van der Waals surface area contributed by atoms with Crippen LogP contribution in [0.5, 0.6) is 0 Å². The van der Waals surface area contributed by atoms with Gasteiger partial charge in [-0.2, -0.15) is 0 Å². The largest absolute Gasteiger partial charge is 0.462 e. The van der Waals surface area contributed by atoms with Gasteiger partial charge in [0.05, 0.1) is 12.2 Å². The molecular weight excluding hydrogens is 204 g/mol. The van der Waals surface area contributed by atoms with Gasteiger partial charge >= 0.3 is 5.97 Å². The van der Waals surface area contributed by atoms with Crippen LogP contribution in [0.4, 0.5) is 0 Å². The lowest BCUT2D eigenvalue weighted by Gasteiger charge is -2.07. The Balaban J connectivity index is 2.82. The van der Waals surface area contributed by atoms with E-state index in [-0.39, 0.29) is 5.97 Å². The van der Waals surface area contributed by atoms with Gasteiger partial charge in [0.2, 0.25) is 0 Å². The molecule has 0 amide bonds. The normalized spacial score (nSPS) is 9.88. The first kappa shape index (κ1) is 12.4. The highest BCUT2D eigenvalue weighted by Crippen LogP contribution is 2.13. The number of aryl methyl sites for hydroxylation is 2. The Kier molecular flexibility index (Phi) is 4.70. The highest BCUT2D eigenvalue weighted by atomic mass is 16.5. The number of benzene rings is 1. The summed E-state index contributed by atoms with van der Waals surface area (Å²) < 4.78 is 4.93. The first-order valence-corrected chi connectivity index (χ1v) is 5.39. The predicted octanol–water partition coefficient (Wildman–Crippen LogP) is 2.30. The second-order valence-corrected chi connectivity index (χ2v) is 3.58. The van der Waals surface area contributed by atoms with Crippen LogP contribution in [0.25, 0.3) is 0 Å². The highest BCUT2D eigenvalue weighted by Gasteiger charge is 2.09. The molecule has 0 aliphatic heterocycles. The van der Waals surface area contributed by atoms with Gasteiger partial charge in [-0.3, -0.25) is 0 Å². The number of carbonyl (C=O) groups excluding carboxylic acids is 2. The Bertz CT molecular complexity index is 383. The zero-order chi connectivity index (χ0) is 12.0. The molecule has 3 heteroatoms. The average molecular weight is 220 g/mol. The second-order valence-electron chi connectivity index (χ2n) is 3.58. The summed E-state index contributed by atoms with van der Waals surface area (Å²) in [5, 5.41) is 0. The third kappa shape index (κ3) is 3.19. The number of ether oxygens (including phenoxy) is 1. The van der Waals surface area contributed by atoms with Crippen molar-refractivity contribution in [2.75, 3.05) is 6.61 Å². The lowest BCUT2D eigenvalue weighted by atomic mass is 10.0. The van der Waals surface area contributed by atoms with Gasteiger partial charge in [0.25, 0.3) is 0 Å². The average Bonchev–Trinajstić information content (AvgIpc) is 2.26. The van der Waals surface area contributed by atoms with Crippen LogP contribution in [-0.4, -0.2) is 18.9 Å². The third-order valence-electron chi connectivity index (χ3n) is 2.34. The lowest BCUT2D eigenvalue weighted by Crippen LogP contribution is -2.07. The fourth-order valence-electron chi connectivity index (χ4n) is 1.54. The second kappa shape index (κ2) is 6.05. The number of rotatable bonds is 5. The van der Waals surface area contributed by atoms with Gasteiger partial charge in [-0.25, -0.2) is 4.79 Å². The first-order valence-electron chi connectivity index (χ1n) is 5.39.